The van der Waals surface area contributed by atoms with Crippen LogP contribution in [0, 0.1) is 11.3 Å². The first-order valence-corrected chi connectivity index (χ1v) is 4.73. The van der Waals surface area contributed by atoms with E-state index in [0.717, 1.165) is 18.4 Å². The van der Waals surface area contributed by atoms with E-state index in [1.807, 2.05) is 6.07 Å². The molecule has 4 heteroatoms. The number of phenolic OH excluding ortho intramolecular Hbond substituents is 1. The van der Waals surface area contributed by atoms with Gasteiger partial charge in [0.05, 0.1) is 12.7 Å². The Morgan fingerprint density at radius 1 is 1.53 bits per heavy atom. The molecule has 4 nitrogen and oxygen atoms in total. The van der Waals surface area contributed by atoms with Gasteiger partial charge in [0.1, 0.15) is 6.07 Å². The summed E-state index contributed by atoms with van der Waals surface area (Å²) in [7, 11) is 1.46. The van der Waals surface area contributed by atoms with Gasteiger partial charge in [-0.1, -0.05) is 0 Å². The second kappa shape index (κ2) is 5.23. The summed E-state index contributed by atoms with van der Waals surface area (Å²) >= 11 is 0. The fourth-order valence-electron chi connectivity index (χ4n) is 1.36. The van der Waals surface area contributed by atoms with E-state index >= 15 is 0 Å². The minimum Gasteiger partial charge on any atom is -0.503 e. The number of hydrogen-bond donors (Lipinski definition) is 2. The highest BCUT2D eigenvalue weighted by molar-refractivity contribution is 5.53. The van der Waals surface area contributed by atoms with Crippen molar-refractivity contribution < 1.29 is 9.84 Å². The number of aromatic hydroxyl groups is 1. The number of phenols is 1. The molecule has 0 aliphatic rings. The molecule has 0 saturated heterocycles. The Balaban J connectivity index is 3.05. The van der Waals surface area contributed by atoms with Gasteiger partial charge in [0.15, 0.2) is 11.5 Å². The van der Waals surface area contributed by atoms with Crippen LogP contribution in [0.4, 0.5) is 0 Å². The topological polar surface area (TPSA) is 79.3 Å². The Labute approximate surface area is 88.9 Å². The summed E-state index contributed by atoms with van der Waals surface area (Å²) in [6.07, 6.45) is 1.63. The molecule has 3 N–H and O–H groups in total. The number of nitriles is 1. The van der Waals surface area contributed by atoms with Crippen LogP contribution in [-0.2, 0) is 6.42 Å². The van der Waals surface area contributed by atoms with Crippen molar-refractivity contribution in [3.8, 4) is 17.6 Å². The summed E-state index contributed by atoms with van der Waals surface area (Å²) in [4.78, 5) is 0. The Morgan fingerprint density at radius 3 is 2.80 bits per heavy atom. The normalized spacial score (nSPS) is 9.67. The monoisotopic (exact) mass is 206 g/mol. The summed E-state index contributed by atoms with van der Waals surface area (Å²) in [6.45, 7) is 0.602. The summed E-state index contributed by atoms with van der Waals surface area (Å²) in [6, 6.07) is 5.31. The lowest BCUT2D eigenvalue weighted by atomic mass is 10.1. The predicted octanol–water partition coefficient (Wildman–Crippen LogP) is 1.16. The van der Waals surface area contributed by atoms with Crippen LogP contribution in [-0.4, -0.2) is 18.8 Å². The lowest BCUT2D eigenvalue weighted by Crippen LogP contribution is -2.01. The number of hydrogen-bond acceptors (Lipinski definition) is 4. The number of nitrogens with zero attached hydrogens (tertiary/aromatic N) is 1. The van der Waals surface area contributed by atoms with Gasteiger partial charge in [-0.3, -0.25) is 0 Å². The summed E-state index contributed by atoms with van der Waals surface area (Å²) in [5, 5.41) is 18.4. The molecule has 80 valence electrons. The molecule has 1 aromatic carbocycles. The van der Waals surface area contributed by atoms with E-state index in [1.54, 1.807) is 12.1 Å². The summed E-state index contributed by atoms with van der Waals surface area (Å²) < 4.78 is 4.98. The van der Waals surface area contributed by atoms with E-state index in [2.05, 4.69) is 0 Å². The zero-order valence-electron chi connectivity index (χ0n) is 8.66. The number of rotatable bonds is 4. The standard InChI is InChI=1S/C11H14N2O2/c1-15-10-6-8(3-2-4-12)5-9(7-13)11(10)14/h5-6,14H,2-4,12H2,1H3. The first-order chi connectivity index (χ1) is 7.22. The molecular weight excluding hydrogens is 192 g/mol. The molecule has 0 atom stereocenters. The first kappa shape index (κ1) is 11.3. The molecular formula is C11H14N2O2. The van der Waals surface area contributed by atoms with Crippen molar-refractivity contribution in [1.82, 2.24) is 0 Å². The molecule has 0 saturated carbocycles. The van der Waals surface area contributed by atoms with E-state index in [0.29, 0.717) is 12.3 Å². The van der Waals surface area contributed by atoms with Crippen molar-refractivity contribution in [2.45, 2.75) is 12.8 Å². The van der Waals surface area contributed by atoms with Crippen LogP contribution in [0.15, 0.2) is 12.1 Å². The lowest BCUT2D eigenvalue weighted by molar-refractivity contribution is 0.372. The summed E-state index contributed by atoms with van der Waals surface area (Å²) in [5.74, 6) is 0.234. The highest BCUT2D eigenvalue weighted by Gasteiger charge is 2.09. The fourth-order valence-corrected chi connectivity index (χ4v) is 1.36. The van der Waals surface area contributed by atoms with E-state index in [-0.39, 0.29) is 11.3 Å². The van der Waals surface area contributed by atoms with Gasteiger partial charge in [-0.2, -0.15) is 5.26 Å². The SMILES string of the molecule is COc1cc(CCCN)cc(C#N)c1O. The van der Waals surface area contributed by atoms with E-state index < -0.39 is 0 Å². The van der Waals surface area contributed by atoms with E-state index in [1.165, 1.54) is 7.11 Å². The Kier molecular flexibility index (Phi) is 3.95. The smallest absolute Gasteiger partial charge is 0.175 e. The molecule has 0 heterocycles. The van der Waals surface area contributed by atoms with Crippen LogP contribution in [0.5, 0.6) is 11.5 Å². The minimum absolute atomic E-state index is 0.100. The van der Waals surface area contributed by atoms with Crippen LogP contribution in [0.25, 0.3) is 0 Å². The molecule has 0 aliphatic carbocycles. The zero-order valence-corrected chi connectivity index (χ0v) is 8.66. The van der Waals surface area contributed by atoms with Crippen molar-refractivity contribution in [2.75, 3.05) is 13.7 Å². The van der Waals surface area contributed by atoms with E-state index in [4.69, 9.17) is 15.7 Å². The fraction of sp³-hybridized carbons (Fsp3) is 0.364. The van der Waals surface area contributed by atoms with Gasteiger partial charge in [-0.05, 0) is 37.1 Å². The van der Waals surface area contributed by atoms with Crippen molar-refractivity contribution in [3.05, 3.63) is 23.3 Å². The molecule has 1 aromatic rings. The second-order valence-corrected chi connectivity index (χ2v) is 3.20. The molecule has 1 rings (SSSR count). The molecule has 0 aromatic heterocycles. The molecule has 0 radical (unpaired) electrons. The number of nitrogens with two attached hydrogens (primary N) is 1. The van der Waals surface area contributed by atoms with Gasteiger partial charge in [-0.25, -0.2) is 0 Å². The Hall–Kier alpha value is -1.73. The Morgan fingerprint density at radius 2 is 2.27 bits per heavy atom. The quantitative estimate of drug-likeness (QED) is 0.774. The molecule has 0 unspecified atom stereocenters. The van der Waals surface area contributed by atoms with Gasteiger partial charge in [0, 0.05) is 0 Å². The third kappa shape index (κ3) is 2.61. The average Bonchev–Trinajstić information content (AvgIpc) is 2.27. The van der Waals surface area contributed by atoms with Crippen LogP contribution in [0.3, 0.4) is 0 Å². The largest absolute Gasteiger partial charge is 0.503 e. The molecule has 0 fully saturated rings. The van der Waals surface area contributed by atoms with Crippen LogP contribution < -0.4 is 10.5 Å². The molecule has 0 bridgehead atoms. The van der Waals surface area contributed by atoms with Gasteiger partial charge in [-0.15, -0.1) is 0 Å². The maximum absolute atomic E-state index is 9.57. The van der Waals surface area contributed by atoms with Gasteiger partial charge >= 0.3 is 0 Å². The van der Waals surface area contributed by atoms with Gasteiger partial charge in [0.25, 0.3) is 0 Å². The van der Waals surface area contributed by atoms with Gasteiger partial charge < -0.3 is 15.6 Å². The third-order valence-electron chi connectivity index (χ3n) is 2.14. The first-order valence-electron chi connectivity index (χ1n) is 4.73. The number of benzene rings is 1. The number of ether oxygens (including phenoxy) is 1. The Bertz CT molecular complexity index is 383. The molecule has 0 spiro atoms. The van der Waals surface area contributed by atoms with E-state index in [9.17, 15) is 5.11 Å². The highest BCUT2D eigenvalue weighted by Crippen LogP contribution is 2.31. The predicted molar refractivity (Wildman–Crippen MR) is 56.7 cm³/mol. The van der Waals surface area contributed by atoms with Crippen molar-refractivity contribution in [2.24, 2.45) is 5.73 Å². The highest BCUT2D eigenvalue weighted by atomic mass is 16.5. The van der Waals surface area contributed by atoms with Crippen LogP contribution in [0.2, 0.25) is 0 Å². The lowest BCUT2D eigenvalue weighted by Gasteiger charge is -2.07. The minimum atomic E-state index is -0.100. The van der Waals surface area contributed by atoms with Crippen molar-refractivity contribution in [3.63, 3.8) is 0 Å². The number of aryl methyl sites for hydroxylation is 1. The summed E-state index contributed by atoms with van der Waals surface area (Å²) in [5.41, 5.74) is 6.59. The average molecular weight is 206 g/mol. The number of methoxy groups -OCH3 is 1. The van der Waals surface area contributed by atoms with Crippen molar-refractivity contribution in [1.29, 1.82) is 5.26 Å². The zero-order chi connectivity index (χ0) is 11.3. The maximum Gasteiger partial charge on any atom is 0.175 e. The maximum atomic E-state index is 9.57. The van der Waals surface area contributed by atoms with Crippen molar-refractivity contribution >= 4 is 0 Å². The molecule has 0 amide bonds. The third-order valence-corrected chi connectivity index (χ3v) is 2.14. The van der Waals surface area contributed by atoms with Gasteiger partial charge in [0.2, 0.25) is 0 Å². The molecule has 15 heavy (non-hydrogen) atoms. The van der Waals surface area contributed by atoms with Crippen LogP contribution >= 0.6 is 0 Å². The van der Waals surface area contributed by atoms with Crippen LogP contribution in [0.1, 0.15) is 17.5 Å². The molecule has 0 aliphatic heterocycles. The second-order valence-electron chi connectivity index (χ2n) is 3.20.